The Balaban J connectivity index is 1.33. The van der Waals surface area contributed by atoms with E-state index in [9.17, 15) is 0 Å². The number of H-pyrrole nitrogens is 1. The highest BCUT2D eigenvalue weighted by atomic mass is 31.0. The summed E-state index contributed by atoms with van der Waals surface area (Å²) in [4.78, 5) is 19.1. The van der Waals surface area contributed by atoms with Crippen molar-refractivity contribution in [1.82, 2.24) is 19.9 Å². The zero-order valence-corrected chi connectivity index (χ0v) is 20.3. The van der Waals surface area contributed by atoms with E-state index in [1.165, 1.54) is 0 Å². The van der Waals surface area contributed by atoms with Gasteiger partial charge < -0.3 is 15.2 Å². The fourth-order valence-electron chi connectivity index (χ4n) is 4.27. The van der Waals surface area contributed by atoms with Crippen LogP contribution in [0.5, 0.6) is 0 Å². The van der Waals surface area contributed by atoms with Crippen molar-refractivity contribution in [3.05, 3.63) is 97.5 Å². The van der Waals surface area contributed by atoms with Gasteiger partial charge in [-0.15, -0.1) is 9.24 Å². The van der Waals surface area contributed by atoms with Crippen molar-refractivity contribution in [3.63, 3.8) is 0 Å². The molecule has 7 heteroatoms. The van der Waals surface area contributed by atoms with Crippen molar-refractivity contribution in [3.8, 4) is 11.4 Å². The summed E-state index contributed by atoms with van der Waals surface area (Å²) in [5.41, 5.74) is 8.07. The van der Waals surface area contributed by atoms with Gasteiger partial charge in [-0.1, -0.05) is 18.2 Å². The minimum Gasteiger partial charge on any atom is -0.355 e. The Morgan fingerprint density at radius 1 is 0.829 bits per heavy atom. The van der Waals surface area contributed by atoms with Crippen LogP contribution >= 0.6 is 9.24 Å². The second kappa shape index (κ2) is 8.82. The number of anilines is 4. The number of hydrogen-bond donors (Lipinski definition) is 2. The molecular formula is C28H23N6P. The standard InChI is InChI=1S/C28H23N6P/c1-34(27-11-14-30-24-8-6-22(35)17-23(24)27)21-5-7-25-26(16-21)33-28(32-25)18-3-2-4-20(15-18)31-19-9-12-29-13-10-19/h2-17H,35H2,1H3,(H,29,31)(H,32,33). The lowest BCUT2D eigenvalue weighted by molar-refractivity contribution is 1.21. The number of nitrogens with one attached hydrogen (secondary N) is 2. The van der Waals surface area contributed by atoms with Crippen molar-refractivity contribution in [2.45, 2.75) is 0 Å². The average molecular weight is 475 g/mol. The van der Waals surface area contributed by atoms with Gasteiger partial charge in [-0.05, 0) is 66.0 Å². The number of hydrogen-bond acceptors (Lipinski definition) is 5. The van der Waals surface area contributed by atoms with Gasteiger partial charge in [0.25, 0.3) is 0 Å². The third-order valence-corrected chi connectivity index (χ3v) is 6.42. The summed E-state index contributed by atoms with van der Waals surface area (Å²) in [7, 11) is 4.84. The van der Waals surface area contributed by atoms with Crippen molar-refractivity contribution >= 4 is 59.2 Å². The van der Waals surface area contributed by atoms with Gasteiger partial charge in [0.1, 0.15) is 5.82 Å². The molecule has 0 spiro atoms. The predicted molar refractivity (Wildman–Crippen MR) is 148 cm³/mol. The van der Waals surface area contributed by atoms with Gasteiger partial charge in [-0.25, -0.2) is 4.98 Å². The molecule has 3 aromatic heterocycles. The van der Waals surface area contributed by atoms with Crippen molar-refractivity contribution < 1.29 is 0 Å². The summed E-state index contributed by atoms with van der Waals surface area (Å²) < 4.78 is 0. The largest absolute Gasteiger partial charge is 0.355 e. The fraction of sp³-hybridized carbons (Fsp3) is 0.0357. The molecule has 2 N–H and O–H groups in total. The second-order valence-corrected chi connectivity index (χ2v) is 9.06. The Hall–Kier alpha value is -4.28. The van der Waals surface area contributed by atoms with E-state index < -0.39 is 0 Å². The van der Waals surface area contributed by atoms with E-state index in [1.54, 1.807) is 12.4 Å². The van der Waals surface area contributed by atoms with Gasteiger partial charge in [-0.2, -0.15) is 0 Å². The van der Waals surface area contributed by atoms with Crippen LogP contribution in [0.15, 0.2) is 97.5 Å². The summed E-state index contributed by atoms with van der Waals surface area (Å²) >= 11 is 0. The van der Waals surface area contributed by atoms with E-state index in [1.807, 2.05) is 30.5 Å². The molecule has 0 bridgehead atoms. The Labute approximate surface area is 205 Å². The number of nitrogens with zero attached hydrogens (tertiary/aromatic N) is 4. The number of benzene rings is 3. The molecule has 0 aliphatic carbocycles. The lowest BCUT2D eigenvalue weighted by atomic mass is 10.1. The van der Waals surface area contributed by atoms with Crippen molar-refractivity contribution in [1.29, 1.82) is 0 Å². The second-order valence-electron chi connectivity index (χ2n) is 8.39. The molecule has 0 radical (unpaired) electrons. The zero-order chi connectivity index (χ0) is 23.8. The van der Waals surface area contributed by atoms with E-state index in [-0.39, 0.29) is 0 Å². The van der Waals surface area contributed by atoms with Gasteiger partial charge in [0.2, 0.25) is 0 Å². The maximum Gasteiger partial charge on any atom is 0.138 e. The molecule has 6 aromatic rings. The molecule has 0 amide bonds. The van der Waals surface area contributed by atoms with Crippen LogP contribution in [0.2, 0.25) is 0 Å². The molecule has 1 atom stereocenters. The number of aromatic nitrogens is 4. The van der Waals surface area contributed by atoms with Crippen LogP contribution in [-0.4, -0.2) is 27.0 Å². The first-order valence-electron chi connectivity index (χ1n) is 11.3. The molecule has 6 rings (SSSR count). The first-order chi connectivity index (χ1) is 17.1. The molecule has 35 heavy (non-hydrogen) atoms. The van der Waals surface area contributed by atoms with Gasteiger partial charge in [0.05, 0.1) is 22.2 Å². The van der Waals surface area contributed by atoms with Crippen LogP contribution < -0.4 is 15.5 Å². The van der Waals surface area contributed by atoms with Crippen LogP contribution in [0.4, 0.5) is 22.7 Å². The van der Waals surface area contributed by atoms with Gasteiger partial charge in [-0.3, -0.25) is 9.97 Å². The quantitative estimate of drug-likeness (QED) is 0.292. The van der Waals surface area contributed by atoms with Gasteiger partial charge in [0, 0.05) is 53.7 Å². The average Bonchev–Trinajstić information content (AvgIpc) is 3.32. The number of rotatable bonds is 5. The molecule has 0 saturated carbocycles. The number of pyridine rings is 2. The van der Waals surface area contributed by atoms with E-state index in [4.69, 9.17) is 4.98 Å². The molecule has 0 fully saturated rings. The molecule has 0 aliphatic heterocycles. The smallest absolute Gasteiger partial charge is 0.138 e. The molecular weight excluding hydrogens is 451 g/mol. The van der Waals surface area contributed by atoms with E-state index in [0.717, 1.165) is 61.4 Å². The van der Waals surface area contributed by atoms with Crippen LogP contribution in [0.25, 0.3) is 33.3 Å². The zero-order valence-electron chi connectivity index (χ0n) is 19.1. The molecule has 170 valence electrons. The maximum atomic E-state index is 4.84. The summed E-state index contributed by atoms with van der Waals surface area (Å²) in [6.45, 7) is 0. The van der Waals surface area contributed by atoms with E-state index in [0.29, 0.717) is 0 Å². The first-order valence-corrected chi connectivity index (χ1v) is 11.9. The third kappa shape index (κ3) is 4.20. The van der Waals surface area contributed by atoms with E-state index >= 15 is 0 Å². The highest BCUT2D eigenvalue weighted by Gasteiger charge is 2.12. The summed E-state index contributed by atoms with van der Waals surface area (Å²) in [6.07, 6.45) is 5.40. The lowest BCUT2D eigenvalue weighted by Crippen LogP contribution is -2.10. The number of fused-ring (bicyclic) bond motifs is 2. The van der Waals surface area contributed by atoms with E-state index in [2.05, 4.69) is 96.1 Å². The van der Waals surface area contributed by atoms with Crippen LogP contribution in [-0.2, 0) is 0 Å². The minimum atomic E-state index is 0.834. The van der Waals surface area contributed by atoms with Crippen LogP contribution in [0.1, 0.15) is 0 Å². The molecule has 6 nitrogen and oxygen atoms in total. The third-order valence-electron chi connectivity index (χ3n) is 6.06. The van der Waals surface area contributed by atoms with Crippen molar-refractivity contribution in [2.75, 3.05) is 17.3 Å². The van der Waals surface area contributed by atoms with Gasteiger partial charge in [0.15, 0.2) is 0 Å². The highest BCUT2D eigenvalue weighted by Crippen LogP contribution is 2.32. The minimum absolute atomic E-state index is 0.834. The molecule has 3 aromatic carbocycles. The molecule has 1 unspecified atom stereocenters. The molecule has 0 saturated heterocycles. The Kier molecular flexibility index (Phi) is 5.36. The fourth-order valence-corrected chi connectivity index (χ4v) is 4.53. The predicted octanol–water partition coefficient (Wildman–Crippen LogP) is 6.19. The topological polar surface area (TPSA) is 69.7 Å². The van der Waals surface area contributed by atoms with Gasteiger partial charge >= 0.3 is 0 Å². The molecule has 3 heterocycles. The van der Waals surface area contributed by atoms with Crippen molar-refractivity contribution in [2.24, 2.45) is 0 Å². The number of aromatic amines is 1. The lowest BCUT2D eigenvalue weighted by Gasteiger charge is -2.21. The normalized spacial score (nSPS) is 11.1. The maximum absolute atomic E-state index is 4.84. The Bertz CT molecular complexity index is 1660. The Morgan fingerprint density at radius 2 is 1.69 bits per heavy atom. The van der Waals surface area contributed by atoms with Crippen LogP contribution in [0, 0.1) is 0 Å². The highest BCUT2D eigenvalue weighted by molar-refractivity contribution is 7.27. The monoisotopic (exact) mass is 474 g/mol. The first kappa shape index (κ1) is 21.3. The summed E-state index contributed by atoms with van der Waals surface area (Å²) in [5.74, 6) is 0.834. The number of imidazole rings is 1. The molecule has 0 aliphatic rings. The van der Waals surface area contributed by atoms with Crippen LogP contribution in [0.3, 0.4) is 0 Å². The summed E-state index contributed by atoms with van der Waals surface area (Å²) in [6, 6.07) is 26.7. The SMILES string of the molecule is CN(c1ccc2nc(-c3cccc(Nc4ccncc4)c3)[nH]c2c1)c1ccnc2ccc(P)cc12. The Morgan fingerprint density at radius 3 is 2.57 bits per heavy atom. The summed E-state index contributed by atoms with van der Waals surface area (Å²) in [5, 5.41) is 5.66.